The fourth-order valence-corrected chi connectivity index (χ4v) is 6.33. The van der Waals surface area contributed by atoms with Crippen LogP contribution in [0.5, 0.6) is 0 Å². The molecule has 8 heteroatoms. The van der Waals surface area contributed by atoms with E-state index in [-0.39, 0.29) is 17.6 Å². The van der Waals surface area contributed by atoms with Crippen LogP contribution in [-0.2, 0) is 38.9 Å². The average Bonchev–Trinajstić information content (AvgIpc) is 3.56. The number of hydroxylamine groups is 2. The van der Waals surface area contributed by atoms with E-state index in [0.29, 0.717) is 6.42 Å². The largest absolute Gasteiger partial charge is 0.461 e. The second kappa shape index (κ2) is 9.27. The van der Waals surface area contributed by atoms with Gasteiger partial charge in [-0.1, -0.05) is 65.9 Å². The fourth-order valence-electron chi connectivity index (χ4n) is 6.33. The van der Waals surface area contributed by atoms with Crippen molar-refractivity contribution in [1.29, 1.82) is 0 Å². The third kappa shape index (κ3) is 3.84. The molecule has 8 nitrogen and oxygen atoms in total. The van der Waals surface area contributed by atoms with Crippen molar-refractivity contribution in [2.45, 2.75) is 81.7 Å². The molecule has 6 rings (SSSR count). The van der Waals surface area contributed by atoms with Crippen LogP contribution in [0.15, 0.2) is 60.7 Å². The minimum Gasteiger partial charge on any atom is -0.461 e. The maximum absolute atomic E-state index is 12.7. The maximum Gasteiger partial charge on any atom is 0.338 e. The van der Waals surface area contributed by atoms with Crippen molar-refractivity contribution >= 4 is 11.9 Å². The molecule has 3 aliphatic heterocycles. The molecule has 0 bridgehead atoms. The molecule has 3 heterocycles. The summed E-state index contributed by atoms with van der Waals surface area (Å²) in [7, 11) is 0. The average molecular weight is 494 g/mol. The van der Waals surface area contributed by atoms with Crippen LogP contribution in [0.4, 0.5) is 0 Å². The normalized spacial score (nSPS) is 32.9. The highest BCUT2D eigenvalue weighted by Gasteiger charge is 2.64. The van der Waals surface area contributed by atoms with Gasteiger partial charge in [-0.05, 0) is 44.2 Å². The Morgan fingerprint density at radius 3 is 2.33 bits per heavy atom. The molecule has 4 aliphatic rings. The minimum absolute atomic E-state index is 0.152. The Kier molecular flexibility index (Phi) is 6.08. The molecule has 1 saturated carbocycles. The molecule has 0 N–H and O–H groups in total. The van der Waals surface area contributed by atoms with E-state index in [9.17, 15) is 9.59 Å². The van der Waals surface area contributed by atoms with Crippen LogP contribution in [0, 0.1) is 5.92 Å². The van der Waals surface area contributed by atoms with Gasteiger partial charge in [0.15, 0.2) is 12.4 Å². The van der Waals surface area contributed by atoms with Crippen molar-refractivity contribution in [3.8, 4) is 0 Å². The van der Waals surface area contributed by atoms with E-state index in [1.165, 1.54) is 16.4 Å². The van der Waals surface area contributed by atoms with Crippen LogP contribution in [-0.4, -0.2) is 53.9 Å². The van der Waals surface area contributed by atoms with Crippen LogP contribution in [0.3, 0.4) is 0 Å². The summed E-state index contributed by atoms with van der Waals surface area (Å²) in [5, 5.41) is 1.25. The lowest BCUT2D eigenvalue weighted by atomic mass is 9.71. The van der Waals surface area contributed by atoms with Crippen molar-refractivity contribution in [2.24, 2.45) is 5.92 Å². The summed E-state index contributed by atoms with van der Waals surface area (Å²) in [5.41, 5.74) is 2.08. The SMILES string of the molecule is CC(C)OC(=O)[C@@H]1ON2O[C@H](O[C@@H]3CCCC3(c3ccccc3)c3ccccc3)C[C@H]3OC(=O)[C@@H]1[C@H]32. The Morgan fingerprint density at radius 2 is 1.69 bits per heavy atom. The van der Waals surface area contributed by atoms with Crippen LogP contribution in [0.2, 0.25) is 0 Å². The number of rotatable bonds is 6. The number of hydrogen-bond donors (Lipinski definition) is 0. The van der Waals surface area contributed by atoms with Gasteiger partial charge in [0.2, 0.25) is 0 Å². The van der Waals surface area contributed by atoms with E-state index in [4.69, 9.17) is 23.9 Å². The lowest BCUT2D eigenvalue weighted by Gasteiger charge is -2.41. The first kappa shape index (κ1) is 23.6. The number of carbonyl (C=O) groups is 2. The van der Waals surface area contributed by atoms with Gasteiger partial charge in [0, 0.05) is 11.8 Å². The Balaban J connectivity index is 1.26. The van der Waals surface area contributed by atoms with E-state index >= 15 is 0 Å². The standard InChI is InChI=1S/C28H31NO7/c1-17(2)32-27(31)25-23-24-20(33-26(23)30)16-22(35-29(24)36-25)34-21-14-9-15-28(21,18-10-5-3-6-11-18)19-12-7-4-8-13-19/h3-8,10-13,17,20-25H,9,14-16H2,1-2H3/t20-,21-,22+,23-,24+,25-/m1/s1. The van der Waals surface area contributed by atoms with Gasteiger partial charge in [-0.15, -0.1) is 0 Å². The topological polar surface area (TPSA) is 83.5 Å². The fraction of sp³-hybridized carbons (Fsp3) is 0.500. The smallest absolute Gasteiger partial charge is 0.338 e. The van der Waals surface area contributed by atoms with Gasteiger partial charge in [-0.25, -0.2) is 9.63 Å². The van der Waals surface area contributed by atoms with Gasteiger partial charge < -0.3 is 14.2 Å². The first-order valence-corrected chi connectivity index (χ1v) is 12.8. The molecule has 0 aromatic heterocycles. The van der Waals surface area contributed by atoms with Crippen molar-refractivity contribution < 1.29 is 33.5 Å². The Morgan fingerprint density at radius 1 is 1.03 bits per heavy atom. The van der Waals surface area contributed by atoms with Gasteiger partial charge in [-0.2, -0.15) is 0 Å². The van der Waals surface area contributed by atoms with Crippen LogP contribution < -0.4 is 0 Å². The highest BCUT2D eigenvalue weighted by atomic mass is 17.0. The molecule has 2 aromatic rings. The molecule has 0 spiro atoms. The highest BCUT2D eigenvalue weighted by Crippen LogP contribution is 2.50. The first-order valence-electron chi connectivity index (χ1n) is 12.8. The molecule has 0 unspecified atom stereocenters. The molecule has 2 aromatic carbocycles. The van der Waals surface area contributed by atoms with Gasteiger partial charge >= 0.3 is 11.9 Å². The number of benzene rings is 2. The molecule has 0 radical (unpaired) electrons. The molecule has 0 amide bonds. The molecule has 3 saturated heterocycles. The summed E-state index contributed by atoms with van der Waals surface area (Å²) in [6.45, 7) is 3.51. The Hall–Kier alpha value is -2.78. The van der Waals surface area contributed by atoms with Crippen molar-refractivity contribution in [3.63, 3.8) is 0 Å². The third-order valence-electron chi connectivity index (χ3n) is 7.79. The highest BCUT2D eigenvalue weighted by molar-refractivity contribution is 5.86. The van der Waals surface area contributed by atoms with Crippen molar-refractivity contribution in [2.75, 3.05) is 0 Å². The maximum atomic E-state index is 12.7. The lowest BCUT2D eigenvalue weighted by Crippen LogP contribution is -2.50. The monoisotopic (exact) mass is 493 g/mol. The third-order valence-corrected chi connectivity index (χ3v) is 7.79. The predicted molar refractivity (Wildman–Crippen MR) is 127 cm³/mol. The van der Waals surface area contributed by atoms with Gasteiger partial charge in [0.25, 0.3) is 0 Å². The summed E-state index contributed by atoms with van der Waals surface area (Å²) >= 11 is 0. The summed E-state index contributed by atoms with van der Waals surface area (Å²) in [6, 6.07) is 20.4. The Labute approximate surface area is 210 Å². The number of esters is 2. The molecule has 1 aliphatic carbocycles. The summed E-state index contributed by atoms with van der Waals surface area (Å²) in [4.78, 5) is 37.2. The van der Waals surface area contributed by atoms with E-state index < -0.39 is 42.4 Å². The van der Waals surface area contributed by atoms with Crippen molar-refractivity contribution in [3.05, 3.63) is 71.8 Å². The molecule has 6 atom stereocenters. The van der Waals surface area contributed by atoms with E-state index in [1.54, 1.807) is 13.8 Å². The predicted octanol–water partition coefficient (Wildman–Crippen LogP) is 3.68. The summed E-state index contributed by atoms with van der Waals surface area (Å²) < 4.78 is 17.7. The Bertz CT molecular complexity index is 1070. The van der Waals surface area contributed by atoms with Crippen molar-refractivity contribution in [1.82, 2.24) is 5.23 Å². The second-order valence-corrected chi connectivity index (χ2v) is 10.3. The number of nitrogens with zero attached hydrogens (tertiary/aromatic N) is 1. The van der Waals surface area contributed by atoms with E-state index in [2.05, 4.69) is 48.5 Å². The summed E-state index contributed by atoms with van der Waals surface area (Å²) in [5.74, 6) is -1.83. The van der Waals surface area contributed by atoms with E-state index in [1.807, 2.05) is 12.1 Å². The minimum atomic E-state index is -1.09. The zero-order chi connectivity index (χ0) is 24.9. The molecule has 36 heavy (non-hydrogen) atoms. The zero-order valence-corrected chi connectivity index (χ0v) is 20.4. The van der Waals surface area contributed by atoms with Crippen LogP contribution in [0.1, 0.15) is 50.7 Å². The van der Waals surface area contributed by atoms with Crippen LogP contribution in [0.25, 0.3) is 0 Å². The van der Waals surface area contributed by atoms with Gasteiger partial charge in [0.1, 0.15) is 18.1 Å². The lowest BCUT2D eigenvalue weighted by molar-refractivity contribution is -0.446. The molecular formula is C28H31NO7. The quantitative estimate of drug-likeness (QED) is 0.564. The van der Waals surface area contributed by atoms with E-state index in [0.717, 1.165) is 19.3 Å². The number of carbonyl (C=O) groups excluding carboxylic acids is 2. The number of hydrogen-bond acceptors (Lipinski definition) is 8. The zero-order valence-electron chi connectivity index (χ0n) is 20.4. The molecule has 4 fully saturated rings. The summed E-state index contributed by atoms with van der Waals surface area (Å²) in [6.07, 6.45) is 0.455. The first-order chi connectivity index (χ1) is 17.5. The van der Waals surface area contributed by atoms with Gasteiger partial charge in [-0.3, -0.25) is 9.63 Å². The number of ether oxygens (including phenoxy) is 3. The van der Waals surface area contributed by atoms with Crippen LogP contribution >= 0.6 is 0 Å². The van der Waals surface area contributed by atoms with Gasteiger partial charge in [0.05, 0.1) is 12.2 Å². The molecular weight excluding hydrogens is 462 g/mol. The second-order valence-electron chi connectivity index (χ2n) is 10.3. The molecule has 190 valence electrons.